The minimum absolute atomic E-state index is 0.0216. The van der Waals surface area contributed by atoms with Crippen molar-refractivity contribution in [2.45, 2.75) is 63.5 Å². The quantitative estimate of drug-likeness (QED) is 0.903. The predicted octanol–water partition coefficient (Wildman–Crippen LogP) is 2.69. The molecule has 1 N–H and O–H groups in total. The Bertz CT molecular complexity index is 589. The van der Waals surface area contributed by atoms with Crippen LogP contribution in [0.25, 0.3) is 0 Å². The second-order valence-electron chi connectivity index (χ2n) is 7.50. The smallest absolute Gasteiger partial charge is 0.258 e. The average molecular weight is 328 g/mol. The van der Waals surface area contributed by atoms with Crippen LogP contribution in [0.5, 0.6) is 5.75 Å². The largest absolute Gasteiger partial charge is 0.483 e. The van der Waals surface area contributed by atoms with E-state index in [1.807, 2.05) is 12.1 Å². The molecule has 1 heterocycles. The Morgan fingerprint density at radius 1 is 1.12 bits per heavy atom. The molecule has 2 aliphatic carbocycles. The van der Waals surface area contributed by atoms with Crippen molar-refractivity contribution in [3.8, 4) is 5.75 Å². The highest BCUT2D eigenvalue weighted by Gasteiger charge is 2.32. The molecule has 3 aliphatic rings. The number of carbonyl (C=O) groups excluding carboxylic acids is 1. The molecule has 24 heavy (non-hydrogen) atoms. The molecule has 1 aromatic rings. The van der Waals surface area contributed by atoms with Gasteiger partial charge in [-0.2, -0.15) is 0 Å². The van der Waals surface area contributed by atoms with E-state index in [-0.39, 0.29) is 12.5 Å². The number of benzene rings is 1. The lowest BCUT2D eigenvalue weighted by Gasteiger charge is -2.32. The fraction of sp³-hybridized carbons (Fsp3) is 0.650. The summed E-state index contributed by atoms with van der Waals surface area (Å²) in [4.78, 5) is 14.8. The lowest BCUT2D eigenvalue weighted by Crippen LogP contribution is -2.46. The van der Waals surface area contributed by atoms with Gasteiger partial charge >= 0.3 is 0 Å². The van der Waals surface area contributed by atoms with Crippen LogP contribution in [0.2, 0.25) is 0 Å². The molecule has 1 aromatic carbocycles. The molecule has 2 fully saturated rings. The normalized spacial score (nSPS) is 22.0. The first-order valence-corrected chi connectivity index (χ1v) is 9.56. The van der Waals surface area contributed by atoms with Gasteiger partial charge in [-0.05, 0) is 68.6 Å². The van der Waals surface area contributed by atoms with Gasteiger partial charge in [0.2, 0.25) is 0 Å². The Kier molecular flexibility index (Phi) is 4.74. The van der Waals surface area contributed by atoms with Crippen LogP contribution < -0.4 is 10.1 Å². The van der Waals surface area contributed by atoms with Gasteiger partial charge in [0.15, 0.2) is 6.61 Å². The van der Waals surface area contributed by atoms with Crippen LogP contribution >= 0.6 is 0 Å². The highest BCUT2D eigenvalue weighted by atomic mass is 16.5. The number of nitrogens with zero attached hydrogens (tertiary/aromatic N) is 1. The maximum atomic E-state index is 12.2. The molecular formula is C20H28N2O2. The van der Waals surface area contributed by atoms with Crippen molar-refractivity contribution < 1.29 is 9.53 Å². The number of amides is 1. The molecule has 0 unspecified atom stereocenters. The second-order valence-corrected chi connectivity index (χ2v) is 7.50. The molecule has 0 radical (unpaired) electrons. The Balaban J connectivity index is 1.25. The summed E-state index contributed by atoms with van der Waals surface area (Å²) < 4.78 is 5.85. The molecule has 4 rings (SSSR count). The molecule has 0 atom stereocenters. The van der Waals surface area contributed by atoms with Gasteiger partial charge in [-0.1, -0.05) is 12.1 Å². The molecule has 4 nitrogen and oxygen atoms in total. The number of rotatable bonds is 5. The monoisotopic (exact) mass is 328 g/mol. The zero-order valence-corrected chi connectivity index (χ0v) is 14.4. The van der Waals surface area contributed by atoms with Gasteiger partial charge in [0, 0.05) is 25.2 Å². The average Bonchev–Trinajstić information content (AvgIpc) is 3.46. The minimum Gasteiger partial charge on any atom is -0.483 e. The van der Waals surface area contributed by atoms with Crippen molar-refractivity contribution in [2.75, 3.05) is 19.7 Å². The Morgan fingerprint density at radius 3 is 2.71 bits per heavy atom. The fourth-order valence-corrected chi connectivity index (χ4v) is 4.14. The SMILES string of the molecule is O=C(COc1cccc2c1CCCC2)NC1CCN(C2CC2)CC1. The summed E-state index contributed by atoms with van der Waals surface area (Å²) in [6.07, 6.45) is 9.57. The summed E-state index contributed by atoms with van der Waals surface area (Å²) in [5.41, 5.74) is 2.71. The Labute approximate surface area is 144 Å². The van der Waals surface area contributed by atoms with Gasteiger partial charge < -0.3 is 15.0 Å². The molecule has 1 saturated heterocycles. The number of piperidine rings is 1. The van der Waals surface area contributed by atoms with E-state index in [0.717, 1.165) is 50.6 Å². The molecular weight excluding hydrogens is 300 g/mol. The summed E-state index contributed by atoms with van der Waals surface area (Å²) in [5, 5.41) is 3.16. The van der Waals surface area contributed by atoms with E-state index < -0.39 is 0 Å². The molecule has 4 heteroatoms. The summed E-state index contributed by atoms with van der Waals surface area (Å²) in [5.74, 6) is 0.930. The highest BCUT2D eigenvalue weighted by Crippen LogP contribution is 2.30. The first-order chi connectivity index (χ1) is 11.8. The third-order valence-electron chi connectivity index (χ3n) is 5.67. The third kappa shape index (κ3) is 3.75. The number of hydrogen-bond acceptors (Lipinski definition) is 3. The maximum Gasteiger partial charge on any atom is 0.258 e. The van der Waals surface area contributed by atoms with Crippen molar-refractivity contribution in [1.82, 2.24) is 10.2 Å². The minimum atomic E-state index is 0.0216. The molecule has 0 spiro atoms. The topological polar surface area (TPSA) is 41.6 Å². The summed E-state index contributed by atoms with van der Waals surface area (Å²) in [6, 6.07) is 7.40. The maximum absolute atomic E-state index is 12.2. The Hall–Kier alpha value is -1.55. The predicted molar refractivity (Wildman–Crippen MR) is 94.3 cm³/mol. The molecule has 1 saturated carbocycles. The number of hydrogen-bond donors (Lipinski definition) is 1. The molecule has 1 amide bonds. The van der Waals surface area contributed by atoms with E-state index in [1.165, 1.54) is 36.8 Å². The molecule has 130 valence electrons. The fourth-order valence-electron chi connectivity index (χ4n) is 4.14. The van der Waals surface area contributed by atoms with E-state index in [1.54, 1.807) is 0 Å². The first-order valence-electron chi connectivity index (χ1n) is 9.56. The summed E-state index contributed by atoms with van der Waals surface area (Å²) in [6.45, 7) is 2.39. The first kappa shape index (κ1) is 15.9. The van der Waals surface area contributed by atoms with Crippen molar-refractivity contribution in [3.63, 3.8) is 0 Å². The van der Waals surface area contributed by atoms with Gasteiger partial charge in [0.05, 0.1) is 0 Å². The van der Waals surface area contributed by atoms with Crippen molar-refractivity contribution >= 4 is 5.91 Å². The zero-order chi connectivity index (χ0) is 16.4. The van der Waals surface area contributed by atoms with Crippen LogP contribution in [-0.2, 0) is 17.6 Å². The van der Waals surface area contributed by atoms with Crippen LogP contribution in [-0.4, -0.2) is 42.6 Å². The number of fused-ring (bicyclic) bond motifs is 1. The van der Waals surface area contributed by atoms with E-state index in [9.17, 15) is 4.79 Å². The molecule has 0 bridgehead atoms. The lowest BCUT2D eigenvalue weighted by atomic mass is 9.91. The van der Waals surface area contributed by atoms with Crippen LogP contribution in [0.1, 0.15) is 49.7 Å². The van der Waals surface area contributed by atoms with Crippen LogP contribution in [0.3, 0.4) is 0 Å². The number of aryl methyl sites for hydroxylation is 1. The summed E-state index contributed by atoms with van der Waals surface area (Å²) >= 11 is 0. The number of ether oxygens (including phenoxy) is 1. The van der Waals surface area contributed by atoms with E-state index in [0.29, 0.717) is 6.04 Å². The van der Waals surface area contributed by atoms with Crippen molar-refractivity contribution in [2.24, 2.45) is 0 Å². The van der Waals surface area contributed by atoms with Gasteiger partial charge in [-0.25, -0.2) is 0 Å². The Morgan fingerprint density at radius 2 is 1.92 bits per heavy atom. The third-order valence-corrected chi connectivity index (χ3v) is 5.67. The van der Waals surface area contributed by atoms with E-state index in [4.69, 9.17) is 4.74 Å². The lowest BCUT2D eigenvalue weighted by molar-refractivity contribution is -0.124. The van der Waals surface area contributed by atoms with Crippen molar-refractivity contribution in [1.29, 1.82) is 0 Å². The van der Waals surface area contributed by atoms with Crippen LogP contribution in [0.4, 0.5) is 0 Å². The number of nitrogens with one attached hydrogen (secondary N) is 1. The van der Waals surface area contributed by atoms with Crippen molar-refractivity contribution in [3.05, 3.63) is 29.3 Å². The van der Waals surface area contributed by atoms with Gasteiger partial charge in [0.1, 0.15) is 5.75 Å². The van der Waals surface area contributed by atoms with Crippen LogP contribution in [0, 0.1) is 0 Å². The number of likely N-dealkylation sites (tertiary alicyclic amines) is 1. The van der Waals surface area contributed by atoms with E-state index in [2.05, 4.69) is 16.3 Å². The molecule has 1 aliphatic heterocycles. The number of carbonyl (C=O) groups is 1. The highest BCUT2D eigenvalue weighted by molar-refractivity contribution is 5.77. The van der Waals surface area contributed by atoms with Gasteiger partial charge in [-0.3, -0.25) is 4.79 Å². The van der Waals surface area contributed by atoms with E-state index >= 15 is 0 Å². The summed E-state index contributed by atoms with van der Waals surface area (Å²) in [7, 11) is 0. The van der Waals surface area contributed by atoms with Gasteiger partial charge in [0.25, 0.3) is 5.91 Å². The van der Waals surface area contributed by atoms with Gasteiger partial charge in [-0.15, -0.1) is 0 Å². The second kappa shape index (κ2) is 7.14. The zero-order valence-electron chi connectivity index (χ0n) is 14.4. The molecule has 0 aromatic heterocycles. The standard InChI is InChI=1S/C20H28N2O2/c23-20(21-16-10-12-22(13-11-16)17-8-9-17)14-24-19-7-3-5-15-4-1-2-6-18(15)19/h3,5,7,16-17H,1-2,4,6,8-14H2,(H,21,23). The van der Waals surface area contributed by atoms with Crippen LogP contribution in [0.15, 0.2) is 18.2 Å².